The summed E-state index contributed by atoms with van der Waals surface area (Å²) in [6, 6.07) is 6.00. The quantitative estimate of drug-likeness (QED) is 0.833. The summed E-state index contributed by atoms with van der Waals surface area (Å²) in [4.78, 5) is 28.5. The average molecular weight is 386 g/mol. The van der Waals surface area contributed by atoms with E-state index in [4.69, 9.17) is 0 Å². The Morgan fingerprint density at radius 1 is 1.21 bits per heavy atom. The van der Waals surface area contributed by atoms with Crippen LogP contribution >= 0.6 is 0 Å². The number of hydrogen-bond donors (Lipinski definition) is 2. The summed E-state index contributed by atoms with van der Waals surface area (Å²) in [7, 11) is 2.14. The van der Waals surface area contributed by atoms with Crippen molar-refractivity contribution in [2.75, 3.05) is 26.7 Å². The highest BCUT2D eigenvalue weighted by Gasteiger charge is 2.50. The van der Waals surface area contributed by atoms with Crippen LogP contribution in [-0.2, 0) is 21.4 Å². The molecule has 0 aromatic heterocycles. The molecule has 0 spiro atoms. The molecule has 0 radical (unpaired) electrons. The minimum absolute atomic E-state index is 0.126. The molecule has 0 saturated carbocycles. The molecular weight excluding hydrogens is 356 g/mol. The lowest BCUT2D eigenvalue weighted by Gasteiger charge is -2.55. The van der Waals surface area contributed by atoms with Crippen LogP contribution in [-0.4, -0.2) is 64.6 Å². The molecule has 3 atom stereocenters. The zero-order valence-corrected chi connectivity index (χ0v) is 16.7. The van der Waals surface area contributed by atoms with Crippen molar-refractivity contribution in [3.8, 4) is 5.75 Å². The molecule has 2 aliphatic heterocycles. The predicted octanol–water partition coefficient (Wildman–Crippen LogP) is 2.24. The maximum Gasteiger partial charge on any atom is 0.306 e. The average Bonchev–Trinajstić information content (AvgIpc) is 2.67. The first-order valence-corrected chi connectivity index (χ1v) is 10.3. The van der Waals surface area contributed by atoms with Gasteiger partial charge in [0.1, 0.15) is 5.75 Å². The first-order chi connectivity index (χ1) is 13.3. The van der Waals surface area contributed by atoms with Crippen LogP contribution in [0.3, 0.4) is 0 Å². The van der Waals surface area contributed by atoms with Gasteiger partial charge in [0.25, 0.3) is 0 Å². The highest BCUT2D eigenvalue weighted by atomic mass is 16.4. The molecule has 2 fully saturated rings. The van der Waals surface area contributed by atoms with Crippen molar-refractivity contribution < 1.29 is 19.8 Å². The van der Waals surface area contributed by atoms with Crippen LogP contribution in [0.1, 0.15) is 43.7 Å². The van der Waals surface area contributed by atoms with Crippen molar-refractivity contribution in [1.29, 1.82) is 0 Å². The van der Waals surface area contributed by atoms with Gasteiger partial charge in [0, 0.05) is 25.6 Å². The fraction of sp³-hybridized carbons (Fsp3) is 0.636. The van der Waals surface area contributed by atoms with Crippen LogP contribution in [0.5, 0.6) is 5.75 Å². The molecule has 1 aliphatic carbocycles. The number of piperidine rings is 2. The Morgan fingerprint density at radius 3 is 2.61 bits per heavy atom. The number of likely N-dealkylation sites (tertiary alicyclic amines) is 2. The fourth-order valence-corrected chi connectivity index (χ4v) is 5.68. The summed E-state index contributed by atoms with van der Waals surface area (Å²) < 4.78 is 0. The van der Waals surface area contributed by atoms with E-state index in [0.717, 1.165) is 19.4 Å². The molecule has 6 heteroatoms. The minimum Gasteiger partial charge on any atom is -0.508 e. The zero-order chi connectivity index (χ0) is 20.1. The monoisotopic (exact) mass is 386 g/mol. The lowest BCUT2D eigenvalue weighted by atomic mass is 9.57. The van der Waals surface area contributed by atoms with Crippen LogP contribution in [0.25, 0.3) is 0 Å². The van der Waals surface area contributed by atoms with Crippen molar-refractivity contribution >= 4 is 11.9 Å². The molecule has 1 amide bonds. The number of benzene rings is 1. The Morgan fingerprint density at radius 2 is 1.93 bits per heavy atom. The molecular formula is C22H30N2O4. The number of carbonyl (C=O) groups is 2. The minimum atomic E-state index is -0.750. The maximum atomic E-state index is 13.1. The number of carbonyl (C=O) groups excluding carboxylic acids is 1. The molecule has 6 nitrogen and oxygen atoms in total. The number of phenols is 1. The summed E-state index contributed by atoms with van der Waals surface area (Å²) in [6.45, 7) is 4.32. The molecule has 1 aromatic carbocycles. The van der Waals surface area contributed by atoms with E-state index in [1.54, 1.807) is 6.07 Å². The number of carboxylic acid groups (broad SMARTS) is 1. The standard InChI is InChI=1S/C22H30N2O4/c1-22-7-10-23(2)19(11-15-3-4-16(25)12-17(15)22)18(22)13-20(26)24-8-5-14(6-9-24)21(27)28/h3-4,12,14,18-19,25H,5-11,13H2,1-2H3,(H,27,28). The van der Waals surface area contributed by atoms with Gasteiger partial charge in [0.05, 0.1) is 5.92 Å². The van der Waals surface area contributed by atoms with Gasteiger partial charge in [-0.25, -0.2) is 0 Å². The van der Waals surface area contributed by atoms with E-state index in [1.807, 2.05) is 17.0 Å². The third-order valence-electron chi connectivity index (χ3n) is 7.56. The normalized spacial score (nSPS) is 30.7. The van der Waals surface area contributed by atoms with Crippen molar-refractivity contribution in [3.05, 3.63) is 29.3 Å². The van der Waals surface area contributed by atoms with Crippen molar-refractivity contribution in [1.82, 2.24) is 9.80 Å². The summed E-state index contributed by atoms with van der Waals surface area (Å²) in [6.07, 6.45) is 3.45. The lowest BCUT2D eigenvalue weighted by Crippen LogP contribution is -2.58. The van der Waals surface area contributed by atoms with Gasteiger partial charge in [0.15, 0.2) is 0 Å². The molecule has 2 saturated heterocycles. The molecule has 4 rings (SSSR count). The number of rotatable bonds is 3. The summed E-state index contributed by atoms with van der Waals surface area (Å²) in [5, 5.41) is 19.2. The smallest absolute Gasteiger partial charge is 0.306 e. The third kappa shape index (κ3) is 3.17. The number of carboxylic acids is 1. The molecule has 2 heterocycles. The number of hydrogen-bond acceptors (Lipinski definition) is 4. The number of aromatic hydroxyl groups is 1. The van der Waals surface area contributed by atoms with Gasteiger partial charge in [-0.05, 0) is 73.9 Å². The van der Waals surface area contributed by atoms with Gasteiger partial charge >= 0.3 is 5.97 Å². The van der Waals surface area contributed by atoms with E-state index in [2.05, 4.69) is 18.9 Å². The largest absolute Gasteiger partial charge is 0.508 e. The van der Waals surface area contributed by atoms with Gasteiger partial charge < -0.3 is 20.0 Å². The first kappa shape index (κ1) is 19.2. The van der Waals surface area contributed by atoms with Gasteiger partial charge in [-0.1, -0.05) is 13.0 Å². The van der Waals surface area contributed by atoms with E-state index in [0.29, 0.717) is 38.4 Å². The molecule has 152 valence electrons. The van der Waals surface area contributed by atoms with Gasteiger partial charge in [-0.2, -0.15) is 0 Å². The Kier molecular flexibility index (Phi) is 4.86. The van der Waals surface area contributed by atoms with E-state index in [9.17, 15) is 19.8 Å². The Bertz CT molecular complexity index is 787. The summed E-state index contributed by atoms with van der Waals surface area (Å²) in [5.74, 6) is -0.441. The molecule has 28 heavy (non-hydrogen) atoms. The second-order valence-corrected chi connectivity index (χ2v) is 9.06. The molecule has 3 unspecified atom stereocenters. The molecule has 1 aromatic rings. The topological polar surface area (TPSA) is 81.1 Å². The second-order valence-electron chi connectivity index (χ2n) is 9.06. The summed E-state index contributed by atoms with van der Waals surface area (Å²) >= 11 is 0. The number of nitrogens with zero attached hydrogens (tertiary/aromatic N) is 2. The molecule has 2 N–H and O–H groups in total. The number of fused-ring (bicyclic) bond motifs is 4. The van der Waals surface area contributed by atoms with Crippen LogP contribution in [0.4, 0.5) is 0 Å². The van der Waals surface area contributed by atoms with Gasteiger partial charge in [-0.3, -0.25) is 9.59 Å². The zero-order valence-electron chi connectivity index (χ0n) is 16.7. The number of phenolic OH excluding ortho intramolecular Hbond substituents is 1. The number of likely N-dealkylation sites (N-methyl/N-ethyl adjacent to an activating group) is 1. The van der Waals surface area contributed by atoms with Crippen molar-refractivity contribution in [2.24, 2.45) is 11.8 Å². The van der Waals surface area contributed by atoms with Crippen LogP contribution in [0, 0.1) is 11.8 Å². The molecule has 2 bridgehead atoms. The van der Waals surface area contributed by atoms with Crippen LogP contribution in [0.2, 0.25) is 0 Å². The van der Waals surface area contributed by atoms with E-state index >= 15 is 0 Å². The Hall–Kier alpha value is -2.08. The van der Waals surface area contributed by atoms with E-state index < -0.39 is 5.97 Å². The Labute approximate surface area is 166 Å². The highest BCUT2D eigenvalue weighted by molar-refractivity contribution is 5.78. The first-order valence-electron chi connectivity index (χ1n) is 10.3. The van der Waals surface area contributed by atoms with E-state index in [-0.39, 0.29) is 28.9 Å². The van der Waals surface area contributed by atoms with Crippen molar-refractivity contribution in [3.63, 3.8) is 0 Å². The maximum absolute atomic E-state index is 13.1. The van der Waals surface area contributed by atoms with Crippen molar-refractivity contribution in [2.45, 2.75) is 50.5 Å². The fourth-order valence-electron chi connectivity index (χ4n) is 5.68. The number of amides is 1. The Balaban J connectivity index is 1.55. The summed E-state index contributed by atoms with van der Waals surface area (Å²) in [5.41, 5.74) is 2.35. The van der Waals surface area contributed by atoms with Crippen LogP contribution < -0.4 is 0 Å². The third-order valence-corrected chi connectivity index (χ3v) is 7.56. The van der Waals surface area contributed by atoms with Crippen LogP contribution in [0.15, 0.2) is 18.2 Å². The highest BCUT2D eigenvalue weighted by Crippen LogP contribution is 2.50. The second kappa shape index (κ2) is 7.07. The predicted molar refractivity (Wildman–Crippen MR) is 105 cm³/mol. The van der Waals surface area contributed by atoms with Gasteiger partial charge in [0.2, 0.25) is 5.91 Å². The van der Waals surface area contributed by atoms with Gasteiger partial charge in [-0.15, -0.1) is 0 Å². The SMILES string of the molecule is CN1CCC2(C)c3cc(O)ccc3CC1C2CC(=O)N1CCC(C(=O)O)CC1. The molecule has 3 aliphatic rings. The lowest BCUT2D eigenvalue weighted by molar-refractivity contribution is -0.146. The number of aliphatic carboxylic acids is 1. The van der Waals surface area contributed by atoms with E-state index in [1.165, 1.54) is 11.1 Å².